The zero-order valence-corrected chi connectivity index (χ0v) is 21.0. The van der Waals surface area contributed by atoms with Gasteiger partial charge in [0.2, 0.25) is 0 Å². The molecule has 0 saturated heterocycles. The fourth-order valence-electron chi connectivity index (χ4n) is 4.32. The number of ether oxygens (including phenoxy) is 2. The fourth-order valence-corrected chi connectivity index (χ4v) is 4.32. The molecule has 0 aliphatic heterocycles. The molecule has 184 valence electrons. The molecule has 5 heteroatoms. The van der Waals surface area contributed by atoms with Gasteiger partial charge in [0, 0.05) is 12.8 Å². The predicted octanol–water partition coefficient (Wildman–Crippen LogP) is 5.94. The smallest absolute Gasteiger partial charge is 0.316 e. The van der Waals surface area contributed by atoms with Crippen LogP contribution in [0.25, 0.3) is 0 Å². The second-order valence-electron chi connectivity index (χ2n) is 9.08. The van der Waals surface area contributed by atoms with Gasteiger partial charge in [0.05, 0.1) is 24.0 Å². The Morgan fingerprint density at radius 1 is 0.647 bits per heavy atom. The Morgan fingerprint density at radius 2 is 1.00 bits per heavy atom. The van der Waals surface area contributed by atoms with Gasteiger partial charge in [-0.2, -0.15) is 0 Å². The van der Waals surface area contributed by atoms with Crippen LogP contribution in [0, 0.1) is 0 Å². The van der Waals surface area contributed by atoms with Crippen LogP contribution < -0.4 is 0 Å². The molecule has 2 aromatic carbocycles. The second-order valence-corrected chi connectivity index (χ2v) is 9.08. The lowest BCUT2D eigenvalue weighted by Crippen LogP contribution is -2.35. The summed E-state index contributed by atoms with van der Waals surface area (Å²) in [4.78, 5) is 38.1. The van der Waals surface area contributed by atoms with Crippen molar-refractivity contribution in [2.45, 2.75) is 77.0 Å². The van der Waals surface area contributed by atoms with Gasteiger partial charge in [0.25, 0.3) is 0 Å². The number of hydrogen-bond donors (Lipinski definition) is 0. The van der Waals surface area contributed by atoms with Crippen LogP contribution in [0.3, 0.4) is 0 Å². The highest BCUT2D eigenvalue weighted by atomic mass is 16.5. The third-order valence-corrected chi connectivity index (χ3v) is 6.54. The zero-order valence-electron chi connectivity index (χ0n) is 21.0. The average molecular weight is 467 g/mol. The quantitative estimate of drug-likeness (QED) is 0.322. The van der Waals surface area contributed by atoms with E-state index in [2.05, 4.69) is 0 Å². The van der Waals surface area contributed by atoms with Crippen molar-refractivity contribution in [3.63, 3.8) is 0 Å². The van der Waals surface area contributed by atoms with Crippen molar-refractivity contribution in [1.82, 2.24) is 0 Å². The van der Waals surface area contributed by atoms with E-state index in [1.807, 2.05) is 74.5 Å². The van der Waals surface area contributed by atoms with Crippen molar-refractivity contribution in [1.29, 1.82) is 0 Å². The van der Waals surface area contributed by atoms with Crippen LogP contribution in [-0.4, -0.2) is 30.9 Å². The predicted molar refractivity (Wildman–Crippen MR) is 134 cm³/mol. The van der Waals surface area contributed by atoms with Crippen molar-refractivity contribution in [3.05, 3.63) is 71.8 Å². The average Bonchev–Trinajstić information content (AvgIpc) is 2.85. The molecule has 0 heterocycles. The molecule has 0 aromatic heterocycles. The Morgan fingerprint density at radius 3 is 1.32 bits per heavy atom. The Kier molecular flexibility index (Phi) is 10.5. The van der Waals surface area contributed by atoms with Gasteiger partial charge in [-0.1, -0.05) is 60.7 Å². The molecule has 2 unspecified atom stereocenters. The minimum absolute atomic E-state index is 0.138. The van der Waals surface area contributed by atoms with E-state index in [0.29, 0.717) is 51.7 Å². The number of carbonyl (C=O) groups excluding carboxylic acids is 3. The van der Waals surface area contributed by atoms with E-state index < -0.39 is 10.8 Å². The van der Waals surface area contributed by atoms with E-state index in [1.165, 1.54) is 0 Å². The molecule has 0 N–H and O–H groups in total. The van der Waals surface area contributed by atoms with Crippen LogP contribution in [0.15, 0.2) is 60.7 Å². The van der Waals surface area contributed by atoms with E-state index in [0.717, 1.165) is 11.1 Å². The SMILES string of the molecule is CCOC(=O)C(C)(CCCC(=O)CCCC(C)(C(=O)OCC)c1ccccc1)c1ccccc1. The molecule has 0 spiro atoms. The molecule has 34 heavy (non-hydrogen) atoms. The lowest BCUT2D eigenvalue weighted by atomic mass is 9.77. The molecule has 5 nitrogen and oxygen atoms in total. The molecule has 0 amide bonds. The topological polar surface area (TPSA) is 69.7 Å². The summed E-state index contributed by atoms with van der Waals surface area (Å²) in [6, 6.07) is 19.2. The maximum atomic E-state index is 12.7. The van der Waals surface area contributed by atoms with Gasteiger partial charge in [-0.15, -0.1) is 0 Å². The highest BCUT2D eigenvalue weighted by molar-refractivity contribution is 5.84. The zero-order chi connectivity index (χ0) is 25.0. The summed E-state index contributed by atoms with van der Waals surface area (Å²) >= 11 is 0. The molecule has 2 rings (SSSR count). The van der Waals surface area contributed by atoms with Gasteiger partial charge < -0.3 is 9.47 Å². The molecule has 2 atom stereocenters. The molecular formula is C29H38O5. The normalized spacial score (nSPS) is 14.5. The second kappa shape index (κ2) is 13.1. The molecule has 0 radical (unpaired) electrons. The fraction of sp³-hybridized carbons (Fsp3) is 0.483. The first-order valence-corrected chi connectivity index (χ1v) is 12.2. The maximum absolute atomic E-state index is 12.7. The van der Waals surface area contributed by atoms with E-state index in [9.17, 15) is 14.4 Å². The number of rotatable bonds is 14. The van der Waals surface area contributed by atoms with Crippen LogP contribution in [-0.2, 0) is 34.7 Å². The van der Waals surface area contributed by atoms with Crippen LogP contribution in [0.1, 0.15) is 77.3 Å². The summed E-state index contributed by atoms with van der Waals surface area (Å²) in [5.74, 6) is -0.387. The van der Waals surface area contributed by atoms with Gasteiger partial charge >= 0.3 is 11.9 Å². The molecule has 0 saturated carbocycles. The highest BCUT2D eigenvalue weighted by Gasteiger charge is 2.37. The Bertz CT molecular complexity index is 849. The molecular weight excluding hydrogens is 428 g/mol. The van der Waals surface area contributed by atoms with Crippen molar-refractivity contribution in [2.75, 3.05) is 13.2 Å². The van der Waals surface area contributed by atoms with E-state index in [4.69, 9.17) is 9.47 Å². The van der Waals surface area contributed by atoms with Crippen LogP contribution >= 0.6 is 0 Å². The standard InChI is InChI=1S/C29H38O5/c1-5-33-26(31)28(3,23-15-9-7-10-16-23)21-13-19-25(30)20-14-22-29(4,27(32)34-6-2)24-17-11-8-12-18-24/h7-12,15-18H,5-6,13-14,19-22H2,1-4H3. The van der Waals surface area contributed by atoms with Crippen molar-refractivity contribution in [3.8, 4) is 0 Å². The lowest BCUT2D eigenvalue weighted by Gasteiger charge is -2.28. The molecule has 0 bridgehead atoms. The van der Waals surface area contributed by atoms with Gasteiger partial charge in [0.15, 0.2) is 0 Å². The lowest BCUT2D eigenvalue weighted by molar-refractivity contribution is -0.150. The van der Waals surface area contributed by atoms with Crippen LogP contribution in [0.5, 0.6) is 0 Å². The molecule has 0 aliphatic rings. The first-order valence-electron chi connectivity index (χ1n) is 12.2. The van der Waals surface area contributed by atoms with E-state index in [-0.39, 0.29) is 17.7 Å². The van der Waals surface area contributed by atoms with Crippen molar-refractivity contribution >= 4 is 17.7 Å². The first kappa shape index (κ1) is 27.3. The number of esters is 2. The molecule has 2 aromatic rings. The van der Waals surface area contributed by atoms with Crippen LogP contribution in [0.2, 0.25) is 0 Å². The number of Topliss-reactive ketones (excluding diaryl/α,β-unsaturated/α-hetero) is 1. The first-order chi connectivity index (χ1) is 16.3. The summed E-state index contributed by atoms with van der Waals surface area (Å²) in [5, 5.41) is 0. The van der Waals surface area contributed by atoms with E-state index >= 15 is 0 Å². The Balaban J connectivity index is 1.95. The van der Waals surface area contributed by atoms with Gasteiger partial charge in [0.1, 0.15) is 5.78 Å². The van der Waals surface area contributed by atoms with Gasteiger partial charge in [-0.05, 0) is 64.5 Å². The minimum atomic E-state index is -0.784. The number of benzene rings is 2. The third-order valence-electron chi connectivity index (χ3n) is 6.54. The monoisotopic (exact) mass is 466 g/mol. The molecule has 0 aliphatic carbocycles. The van der Waals surface area contributed by atoms with Crippen molar-refractivity contribution in [2.24, 2.45) is 0 Å². The number of ketones is 1. The van der Waals surface area contributed by atoms with Gasteiger partial charge in [-0.3, -0.25) is 14.4 Å². The Hall–Kier alpha value is -2.95. The summed E-state index contributed by atoms with van der Waals surface area (Å²) in [6.45, 7) is 8.01. The third kappa shape index (κ3) is 7.02. The summed E-state index contributed by atoms with van der Waals surface area (Å²) < 4.78 is 10.7. The largest absolute Gasteiger partial charge is 0.465 e. The maximum Gasteiger partial charge on any atom is 0.316 e. The van der Waals surface area contributed by atoms with Gasteiger partial charge in [-0.25, -0.2) is 0 Å². The minimum Gasteiger partial charge on any atom is -0.465 e. The Labute approximate surface area is 203 Å². The highest BCUT2D eigenvalue weighted by Crippen LogP contribution is 2.33. The van der Waals surface area contributed by atoms with Crippen molar-refractivity contribution < 1.29 is 23.9 Å². The molecule has 0 fully saturated rings. The summed E-state index contributed by atoms with van der Waals surface area (Å²) in [7, 11) is 0. The van der Waals surface area contributed by atoms with E-state index in [1.54, 1.807) is 13.8 Å². The van der Waals surface area contributed by atoms with Crippen LogP contribution in [0.4, 0.5) is 0 Å². The summed E-state index contributed by atoms with van der Waals surface area (Å²) in [6.07, 6.45) is 3.04. The number of hydrogen-bond acceptors (Lipinski definition) is 5. The number of carbonyl (C=O) groups is 3. The summed E-state index contributed by atoms with van der Waals surface area (Å²) in [5.41, 5.74) is 0.226.